The molecule has 1 N–H and O–H groups in total. The fourth-order valence-electron chi connectivity index (χ4n) is 2.23. The molecule has 0 spiro atoms. The van der Waals surface area contributed by atoms with Crippen molar-refractivity contribution in [1.29, 1.82) is 0 Å². The van der Waals surface area contributed by atoms with Gasteiger partial charge in [0.25, 0.3) is 0 Å². The Morgan fingerprint density at radius 2 is 2.05 bits per heavy atom. The molecule has 1 unspecified atom stereocenters. The smallest absolute Gasteiger partial charge is 0.228 e. The average Bonchev–Trinajstić information content (AvgIpc) is 2.78. The molecule has 108 valence electrons. The molecule has 0 saturated heterocycles. The Bertz CT molecular complexity index is 374. The molecule has 0 bridgehead atoms. The molecule has 0 aromatic carbocycles. The predicted octanol–water partition coefficient (Wildman–Crippen LogP) is 4.31. The van der Waals surface area contributed by atoms with Gasteiger partial charge in [0, 0.05) is 12.0 Å². The Labute approximate surface area is 115 Å². The summed E-state index contributed by atoms with van der Waals surface area (Å²) in [4.78, 5) is 12.2. The van der Waals surface area contributed by atoms with Crippen LogP contribution in [-0.4, -0.2) is 11.1 Å². The second kappa shape index (κ2) is 8.73. The predicted molar refractivity (Wildman–Crippen MR) is 77.0 cm³/mol. The van der Waals surface area contributed by atoms with Crippen LogP contribution in [0.1, 0.15) is 64.6 Å². The molecule has 1 rings (SSSR count). The van der Waals surface area contributed by atoms with Crippen LogP contribution in [0.2, 0.25) is 0 Å². The number of anilines is 1. The number of carbonyl (C=O) groups is 1. The summed E-state index contributed by atoms with van der Waals surface area (Å²) in [5, 5.41) is 6.65. The Kier molecular flexibility index (Phi) is 7.23. The molecule has 4 nitrogen and oxygen atoms in total. The molecule has 0 fully saturated rings. The number of carbonyl (C=O) groups excluding carboxylic acids is 1. The van der Waals surface area contributed by atoms with E-state index in [0.29, 0.717) is 11.6 Å². The highest BCUT2D eigenvalue weighted by molar-refractivity contribution is 5.91. The van der Waals surface area contributed by atoms with Crippen LogP contribution in [0, 0.1) is 12.8 Å². The third kappa shape index (κ3) is 5.90. The summed E-state index contributed by atoms with van der Waals surface area (Å²) in [6.07, 6.45) is 7.76. The standard InChI is InChI=1S/C15H26N2O2/c1-4-6-7-8-10-13(9-5-2)15(18)16-14-11-12(3)19-17-14/h11,13H,4-10H2,1-3H3,(H,16,17,18). The number of aryl methyl sites for hydroxylation is 1. The minimum absolute atomic E-state index is 0.0756. The maximum atomic E-state index is 12.2. The lowest BCUT2D eigenvalue weighted by atomic mass is 9.95. The second-order valence-electron chi connectivity index (χ2n) is 5.15. The number of amides is 1. The van der Waals surface area contributed by atoms with Gasteiger partial charge in [-0.2, -0.15) is 0 Å². The summed E-state index contributed by atoms with van der Waals surface area (Å²) in [6, 6.07) is 1.75. The minimum atomic E-state index is 0.0756. The highest BCUT2D eigenvalue weighted by Gasteiger charge is 2.18. The first-order valence-corrected chi connectivity index (χ1v) is 7.41. The summed E-state index contributed by atoms with van der Waals surface area (Å²) in [5.41, 5.74) is 0. The molecular formula is C15H26N2O2. The number of nitrogens with one attached hydrogen (secondary N) is 1. The molecule has 1 aromatic rings. The van der Waals surface area contributed by atoms with E-state index in [2.05, 4.69) is 24.3 Å². The van der Waals surface area contributed by atoms with Crippen LogP contribution < -0.4 is 5.32 Å². The first-order chi connectivity index (χ1) is 9.17. The van der Waals surface area contributed by atoms with Crippen LogP contribution in [-0.2, 0) is 4.79 Å². The van der Waals surface area contributed by atoms with Gasteiger partial charge in [-0.3, -0.25) is 4.79 Å². The molecule has 0 aliphatic carbocycles. The summed E-state index contributed by atoms with van der Waals surface area (Å²) < 4.78 is 4.95. The largest absolute Gasteiger partial charge is 0.360 e. The first-order valence-electron chi connectivity index (χ1n) is 7.41. The van der Waals surface area contributed by atoms with Gasteiger partial charge in [-0.15, -0.1) is 0 Å². The SMILES string of the molecule is CCCCCCC(CCC)C(=O)Nc1cc(C)on1. The molecule has 0 aliphatic heterocycles. The molecule has 1 aromatic heterocycles. The number of aromatic nitrogens is 1. The highest BCUT2D eigenvalue weighted by atomic mass is 16.5. The van der Waals surface area contributed by atoms with Crippen LogP contribution in [0.5, 0.6) is 0 Å². The van der Waals surface area contributed by atoms with Crippen molar-refractivity contribution in [3.8, 4) is 0 Å². The zero-order valence-electron chi connectivity index (χ0n) is 12.4. The number of rotatable bonds is 9. The van der Waals surface area contributed by atoms with Gasteiger partial charge in [0.2, 0.25) is 5.91 Å². The van der Waals surface area contributed by atoms with Crippen LogP contribution in [0.4, 0.5) is 5.82 Å². The monoisotopic (exact) mass is 266 g/mol. The lowest BCUT2D eigenvalue weighted by Crippen LogP contribution is -2.23. The van der Waals surface area contributed by atoms with Gasteiger partial charge >= 0.3 is 0 Å². The van der Waals surface area contributed by atoms with Gasteiger partial charge in [-0.25, -0.2) is 0 Å². The van der Waals surface area contributed by atoms with E-state index in [9.17, 15) is 4.79 Å². The van der Waals surface area contributed by atoms with Crippen molar-refractivity contribution >= 4 is 11.7 Å². The second-order valence-corrected chi connectivity index (χ2v) is 5.15. The summed E-state index contributed by atoms with van der Waals surface area (Å²) in [5.74, 6) is 1.41. The first kappa shape index (κ1) is 15.7. The van der Waals surface area contributed by atoms with E-state index >= 15 is 0 Å². The van der Waals surface area contributed by atoms with Crippen LogP contribution >= 0.6 is 0 Å². The van der Waals surface area contributed by atoms with Crippen molar-refractivity contribution in [2.75, 3.05) is 5.32 Å². The molecule has 1 atom stereocenters. The van der Waals surface area contributed by atoms with Gasteiger partial charge in [-0.1, -0.05) is 51.1 Å². The molecule has 0 radical (unpaired) electrons. The van der Waals surface area contributed by atoms with E-state index in [1.165, 1.54) is 19.3 Å². The van der Waals surface area contributed by atoms with Crippen molar-refractivity contribution in [2.45, 2.75) is 65.7 Å². The number of hydrogen-bond acceptors (Lipinski definition) is 3. The maximum absolute atomic E-state index is 12.2. The van der Waals surface area contributed by atoms with Crippen LogP contribution in [0.3, 0.4) is 0 Å². The molecule has 4 heteroatoms. The molecule has 0 saturated carbocycles. The quantitative estimate of drug-likeness (QED) is 0.678. The lowest BCUT2D eigenvalue weighted by molar-refractivity contribution is -0.120. The van der Waals surface area contributed by atoms with Gasteiger partial charge in [0.15, 0.2) is 5.82 Å². The average molecular weight is 266 g/mol. The zero-order valence-corrected chi connectivity index (χ0v) is 12.4. The van der Waals surface area contributed by atoms with E-state index in [-0.39, 0.29) is 11.8 Å². The molecular weight excluding hydrogens is 240 g/mol. The summed E-state index contributed by atoms with van der Waals surface area (Å²) in [6.45, 7) is 6.13. The van der Waals surface area contributed by atoms with Crippen molar-refractivity contribution in [3.63, 3.8) is 0 Å². The number of hydrogen-bond donors (Lipinski definition) is 1. The fraction of sp³-hybridized carbons (Fsp3) is 0.733. The maximum Gasteiger partial charge on any atom is 0.228 e. The van der Waals surface area contributed by atoms with E-state index < -0.39 is 0 Å². The third-order valence-electron chi connectivity index (χ3n) is 3.29. The minimum Gasteiger partial charge on any atom is -0.360 e. The van der Waals surface area contributed by atoms with Crippen LogP contribution in [0.25, 0.3) is 0 Å². The van der Waals surface area contributed by atoms with Crippen molar-refractivity contribution in [2.24, 2.45) is 5.92 Å². The molecule has 1 amide bonds. The van der Waals surface area contributed by atoms with Gasteiger partial charge in [0.1, 0.15) is 5.76 Å². The molecule has 0 aliphatic rings. The zero-order chi connectivity index (χ0) is 14.1. The third-order valence-corrected chi connectivity index (χ3v) is 3.29. The lowest BCUT2D eigenvalue weighted by Gasteiger charge is -2.14. The van der Waals surface area contributed by atoms with Gasteiger partial charge in [0.05, 0.1) is 0 Å². The highest BCUT2D eigenvalue weighted by Crippen LogP contribution is 2.18. The normalized spacial score (nSPS) is 12.4. The van der Waals surface area contributed by atoms with E-state index in [1.54, 1.807) is 6.07 Å². The summed E-state index contributed by atoms with van der Waals surface area (Å²) in [7, 11) is 0. The van der Waals surface area contributed by atoms with E-state index in [4.69, 9.17) is 4.52 Å². The van der Waals surface area contributed by atoms with Gasteiger partial charge in [-0.05, 0) is 19.8 Å². The number of unbranched alkanes of at least 4 members (excludes halogenated alkanes) is 3. The van der Waals surface area contributed by atoms with E-state index in [0.717, 1.165) is 25.7 Å². The van der Waals surface area contributed by atoms with Crippen molar-refractivity contribution < 1.29 is 9.32 Å². The molecule has 19 heavy (non-hydrogen) atoms. The fourth-order valence-corrected chi connectivity index (χ4v) is 2.23. The Hall–Kier alpha value is -1.32. The topological polar surface area (TPSA) is 55.1 Å². The Morgan fingerprint density at radius 1 is 1.26 bits per heavy atom. The summed E-state index contributed by atoms with van der Waals surface area (Å²) >= 11 is 0. The van der Waals surface area contributed by atoms with E-state index in [1.807, 2.05) is 6.92 Å². The molecule has 1 heterocycles. The number of nitrogens with zero attached hydrogens (tertiary/aromatic N) is 1. The van der Waals surface area contributed by atoms with Crippen LogP contribution in [0.15, 0.2) is 10.6 Å². The Balaban J connectivity index is 2.42. The van der Waals surface area contributed by atoms with Crippen molar-refractivity contribution in [1.82, 2.24) is 5.16 Å². The Morgan fingerprint density at radius 3 is 2.63 bits per heavy atom. The van der Waals surface area contributed by atoms with Crippen molar-refractivity contribution in [3.05, 3.63) is 11.8 Å². The van der Waals surface area contributed by atoms with Gasteiger partial charge < -0.3 is 9.84 Å².